The van der Waals surface area contributed by atoms with Gasteiger partial charge in [0.15, 0.2) is 0 Å². The summed E-state index contributed by atoms with van der Waals surface area (Å²) in [6, 6.07) is 10.6. The molecule has 0 bridgehead atoms. The van der Waals surface area contributed by atoms with E-state index in [1.807, 2.05) is 0 Å². The van der Waals surface area contributed by atoms with Gasteiger partial charge < -0.3 is 9.64 Å². The van der Waals surface area contributed by atoms with E-state index in [0.717, 1.165) is 17.7 Å². The molecule has 0 spiro atoms. The maximum atomic E-state index is 13.1. The first kappa shape index (κ1) is 22.6. The van der Waals surface area contributed by atoms with E-state index >= 15 is 0 Å². The number of halogens is 3. The molecule has 1 aliphatic heterocycles. The lowest BCUT2D eigenvalue weighted by Crippen LogP contribution is -2.49. The van der Waals surface area contributed by atoms with E-state index < -0.39 is 17.6 Å². The average molecular weight is 437 g/mol. The number of morpholine rings is 1. The Morgan fingerprint density at radius 3 is 2.19 bits per heavy atom. The van der Waals surface area contributed by atoms with Crippen molar-refractivity contribution in [1.29, 1.82) is 0 Å². The molecule has 2 aromatic carbocycles. The van der Waals surface area contributed by atoms with Gasteiger partial charge in [0, 0.05) is 30.9 Å². The highest BCUT2D eigenvalue weighted by atomic mass is 19.4. The first-order valence-electron chi connectivity index (χ1n) is 9.64. The maximum absolute atomic E-state index is 13.1. The van der Waals surface area contributed by atoms with Gasteiger partial charge in [0.05, 0.1) is 18.8 Å². The fourth-order valence-corrected chi connectivity index (χ4v) is 3.22. The first-order chi connectivity index (χ1) is 14.8. The van der Waals surface area contributed by atoms with Crippen molar-refractivity contribution < 1.29 is 32.7 Å². The summed E-state index contributed by atoms with van der Waals surface area (Å²) in [7, 11) is 0. The summed E-state index contributed by atoms with van der Waals surface area (Å²) in [6.07, 6.45) is -4.04. The Balaban J connectivity index is 1.78. The minimum atomic E-state index is -4.46. The van der Waals surface area contributed by atoms with Crippen molar-refractivity contribution in [3.8, 4) is 0 Å². The molecule has 2 aromatic rings. The van der Waals surface area contributed by atoms with Gasteiger partial charge in [0.2, 0.25) is 0 Å². The first-order valence-corrected chi connectivity index (χ1v) is 9.64. The SMILES string of the molecule is O=C(NO)c1ccc(CCN(C(=O)N2CCOCC2)c2ccc(C(F)(F)F)cc2)cc1. The van der Waals surface area contributed by atoms with Crippen LogP contribution in [0, 0.1) is 0 Å². The van der Waals surface area contributed by atoms with Crippen LogP contribution in [0.15, 0.2) is 48.5 Å². The van der Waals surface area contributed by atoms with E-state index in [-0.39, 0.29) is 18.1 Å². The van der Waals surface area contributed by atoms with Crippen LogP contribution in [-0.4, -0.2) is 54.9 Å². The summed E-state index contributed by atoms with van der Waals surface area (Å²) in [5.41, 5.74) is 2.22. The number of benzene rings is 2. The number of anilines is 1. The summed E-state index contributed by atoms with van der Waals surface area (Å²) < 4.78 is 44.0. The van der Waals surface area contributed by atoms with Crippen LogP contribution in [0.2, 0.25) is 0 Å². The zero-order valence-electron chi connectivity index (χ0n) is 16.6. The van der Waals surface area contributed by atoms with E-state index in [2.05, 4.69) is 0 Å². The Hall–Kier alpha value is -3.11. The van der Waals surface area contributed by atoms with Gasteiger partial charge in [-0.2, -0.15) is 13.2 Å². The number of hydroxylamine groups is 1. The number of nitrogens with one attached hydrogen (secondary N) is 1. The number of urea groups is 1. The molecule has 0 aliphatic carbocycles. The predicted molar refractivity (Wildman–Crippen MR) is 106 cm³/mol. The number of hydrogen-bond acceptors (Lipinski definition) is 4. The second-order valence-corrected chi connectivity index (χ2v) is 6.97. The van der Waals surface area contributed by atoms with Crippen molar-refractivity contribution in [2.75, 3.05) is 37.7 Å². The highest BCUT2D eigenvalue weighted by Crippen LogP contribution is 2.31. The van der Waals surface area contributed by atoms with E-state index in [0.29, 0.717) is 38.4 Å². The van der Waals surface area contributed by atoms with Crippen LogP contribution in [0.4, 0.5) is 23.7 Å². The number of alkyl halides is 3. The molecule has 10 heteroatoms. The fourth-order valence-electron chi connectivity index (χ4n) is 3.22. The Bertz CT molecular complexity index is 896. The Kier molecular flexibility index (Phi) is 7.13. The number of hydrogen-bond donors (Lipinski definition) is 2. The van der Waals surface area contributed by atoms with Gasteiger partial charge in [-0.1, -0.05) is 12.1 Å². The lowest BCUT2D eigenvalue weighted by Gasteiger charge is -2.33. The van der Waals surface area contributed by atoms with Crippen molar-refractivity contribution in [3.05, 3.63) is 65.2 Å². The van der Waals surface area contributed by atoms with E-state index in [9.17, 15) is 22.8 Å². The van der Waals surface area contributed by atoms with Crippen LogP contribution < -0.4 is 10.4 Å². The highest BCUT2D eigenvalue weighted by molar-refractivity contribution is 5.93. The molecule has 3 rings (SSSR count). The zero-order chi connectivity index (χ0) is 22.4. The lowest BCUT2D eigenvalue weighted by atomic mass is 10.1. The summed E-state index contributed by atoms with van der Waals surface area (Å²) in [4.78, 5) is 27.6. The van der Waals surface area contributed by atoms with E-state index in [4.69, 9.17) is 9.94 Å². The van der Waals surface area contributed by atoms with Gasteiger partial charge >= 0.3 is 12.2 Å². The maximum Gasteiger partial charge on any atom is 0.416 e. The zero-order valence-corrected chi connectivity index (χ0v) is 16.6. The molecular weight excluding hydrogens is 415 g/mol. The molecule has 2 N–H and O–H groups in total. The van der Waals surface area contributed by atoms with Crippen LogP contribution in [0.3, 0.4) is 0 Å². The minimum Gasteiger partial charge on any atom is -0.378 e. The number of ether oxygens (including phenoxy) is 1. The third-order valence-corrected chi connectivity index (χ3v) is 4.96. The quantitative estimate of drug-likeness (QED) is 0.556. The number of carbonyl (C=O) groups is 2. The van der Waals surface area contributed by atoms with Crippen LogP contribution in [0.5, 0.6) is 0 Å². The van der Waals surface area contributed by atoms with Crippen LogP contribution in [0.25, 0.3) is 0 Å². The summed E-state index contributed by atoms with van der Waals surface area (Å²) in [5, 5.41) is 8.69. The van der Waals surface area contributed by atoms with Gasteiger partial charge in [0.25, 0.3) is 5.91 Å². The molecule has 0 radical (unpaired) electrons. The fraction of sp³-hybridized carbons (Fsp3) is 0.333. The Labute approximate surface area is 177 Å². The summed E-state index contributed by atoms with van der Waals surface area (Å²) >= 11 is 0. The number of rotatable bonds is 5. The standard InChI is InChI=1S/C21H22F3N3O4/c22-21(23,24)17-5-7-18(8-6-17)27(20(29)26-11-13-31-14-12-26)10-9-15-1-3-16(4-2-15)19(28)25-30/h1-8,30H,9-14H2,(H,25,28). The topological polar surface area (TPSA) is 82.1 Å². The molecular formula is C21H22F3N3O4. The Morgan fingerprint density at radius 2 is 1.65 bits per heavy atom. The van der Waals surface area contributed by atoms with Gasteiger partial charge in [-0.15, -0.1) is 0 Å². The van der Waals surface area contributed by atoms with Crippen molar-refractivity contribution >= 4 is 17.6 Å². The second-order valence-electron chi connectivity index (χ2n) is 6.97. The van der Waals surface area contributed by atoms with Crippen LogP contribution in [-0.2, 0) is 17.3 Å². The molecule has 1 aliphatic rings. The molecule has 0 saturated carbocycles. The van der Waals surface area contributed by atoms with Crippen molar-refractivity contribution in [1.82, 2.24) is 10.4 Å². The van der Waals surface area contributed by atoms with Crippen molar-refractivity contribution in [2.24, 2.45) is 0 Å². The Morgan fingerprint density at radius 1 is 1.03 bits per heavy atom. The van der Waals surface area contributed by atoms with Crippen LogP contribution in [0.1, 0.15) is 21.5 Å². The second kappa shape index (κ2) is 9.80. The van der Waals surface area contributed by atoms with Gasteiger partial charge in [-0.25, -0.2) is 10.3 Å². The van der Waals surface area contributed by atoms with Gasteiger partial charge in [-0.3, -0.25) is 14.9 Å². The van der Waals surface area contributed by atoms with Gasteiger partial charge in [-0.05, 0) is 48.4 Å². The smallest absolute Gasteiger partial charge is 0.378 e. The highest BCUT2D eigenvalue weighted by Gasteiger charge is 2.31. The molecule has 0 atom stereocenters. The number of nitrogens with zero attached hydrogens (tertiary/aromatic N) is 2. The third kappa shape index (κ3) is 5.74. The third-order valence-electron chi connectivity index (χ3n) is 4.96. The molecule has 1 fully saturated rings. The lowest BCUT2D eigenvalue weighted by molar-refractivity contribution is -0.137. The molecule has 0 unspecified atom stereocenters. The number of carbonyl (C=O) groups excluding carboxylic acids is 2. The molecule has 1 saturated heterocycles. The van der Waals surface area contributed by atoms with E-state index in [1.165, 1.54) is 29.2 Å². The molecule has 0 aromatic heterocycles. The van der Waals surface area contributed by atoms with Crippen LogP contribution >= 0.6 is 0 Å². The van der Waals surface area contributed by atoms with Crippen molar-refractivity contribution in [2.45, 2.75) is 12.6 Å². The molecule has 7 nitrogen and oxygen atoms in total. The average Bonchev–Trinajstić information content (AvgIpc) is 2.79. The molecule has 1 heterocycles. The predicted octanol–water partition coefficient (Wildman–Crippen LogP) is 3.33. The molecule has 31 heavy (non-hydrogen) atoms. The monoisotopic (exact) mass is 437 g/mol. The molecule has 166 valence electrons. The molecule has 3 amide bonds. The van der Waals surface area contributed by atoms with Crippen molar-refractivity contribution in [3.63, 3.8) is 0 Å². The van der Waals surface area contributed by atoms with E-state index in [1.54, 1.807) is 22.5 Å². The largest absolute Gasteiger partial charge is 0.416 e. The normalized spacial score (nSPS) is 14.3. The summed E-state index contributed by atoms with van der Waals surface area (Å²) in [6.45, 7) is 1.84. The van der Waals surface area contributed by atoms with Gasteiger partial charge in [0.1, 0.15) is 0 Å². The number of amides is 3. The minimum absolute atomic E-state index is 0.229. The summed E-state index contributed by atoms with van der Waals surface area (Å²) in [5.74, 6) is -0.638.